The second-order valence-electron chi connectivity index (χ2n) is 9.50. The lowest BCUT2D eigenvalue weighted by atomic mass is 9.63. The van der Waals surface area contributed by atoms with E-state index in [1.54, 1.807) is 12.1 Å². The zero-order chi connectivity index (χ0) is 21.8. The van der Waals surface area contributed by atoms with Crippen LogP contribution in [0.4, 0.5) is 10.1 Å². The van der Waals surface area contributed by atoms with E-state index >= 15 is 4.39 Å². The molecule has 4 rings (SSSR count). The van der Waals surface area contributed by atoms with Crippen LogP contribution in [0.25, 0.3) is 0 Å². The number of hydrogen-bond donors (Lipinski definition) is 3. The molecule has 2 heterocycles. The molecular weight excluding hydrogens is 426 g/mol. The standard InChI is InChI=1S/C23H25Cl2FN2O2/c1-22(2,3)10-17-23(11-27-16-9-12(24)7-8-14(16)23)18(20(28-17)21(29)30)13-5-4-6-15(25)19(13)26/h4-9,17-18,20,27-28H,10-11H2,1-3H3,(H,29,30)/t17-,18+,20-,23-/m1/s1. The number of carbonyl (C=O) groups is 1. The van der Waals surface area contributed by atoms with Crippen LogP contribution in [-0.4, -0.2) is 29.7 Å². The van der Waals surface area contributed by atoms with E-state index < -0.39 is 29.2 Å². The van der Waals surface area contributed by atoms with Gasteiger partial charge in [-0.05, 0) is 41.2 Å². The van der Waals surface area contributed by atoms with Gasteiger partial charge in [0.05, 0.1) is 5.02 Å². The maximum atomic E-state index is 15.2. The highest BCUT2D eigenvalue weighted by Crippen LogP contribution is 2.56. The van der Waals surface area contributed by atoms with Crippen LogP contribution < -0.4 is 10.6 Å². The highest BCUT2D eigenvalue weighted by Gasteiger charge is 2.61. The number of nitrogens with one attached hydrogen (secondary N) is 2. The number of carboxylic acids is 1. The summed E-state index contributed by atoms with van der Waals surface area (Å²) in [6, 6.07) is 9.27. The molecule has 0 aromatic heterocycles. The molecule has 2 aliphatic heterocycles. The summed E-state index contributed by atoms with van der Waals surface area (Å²) in [7, 11) is 0. The average Bonchev–Trinajstić information content (AvgIpc) is 3.16. The molecule has 0 radical (unpaired) electrons. The molecule has 3 N–H and O–H groups in total. The van der Waals surface area contributed by atoms with E-state index in [0.29, 0.717) is 17.1 Å². The number of hydrogen-bond acceptors (Lipinski definition) is 3. The maximum absolute atomic E-state index is 15.2. The molecule has 2 aliphatic rings. The first-order valence-corrected chi connectivity index (χ1v) is 10.8. The Bertz CT molecular complexity index is 1010. The summed E-state index contributed by atoms with van der Waals surface area (Å²) in [6.07, 6.45) is 0.721. The molecule has 160 valence electrons. The molecule has 1 saturated heterocycles. The first kappa shape index (κ1) is 21.4. The fourth-order valence-corrected chi connectivity index (χ4v) is 5.61. The van der Waals surface area contributed by atoms with Gasteiger partial charge >= 0.3 is 5.97 Å². The third kappa shape index (κ3) is 3.37. The lowest BCUT2D eigenvalue weighted by Gasteiger charge is -2.39. The van der Waals surface area contributed by atoms with Gasteiger partial charge in [-0.25, -0.2) is 4.39 Å². The monoisotopic (exact) mass is 450 g/mol. The minimum absolute atomic E-state index is 0.00616. The highest BCUT2D eigenvalue weighted by atomic mass is 35.5. The van der Waals surface area contributed by atoms with Crippen LogP contribution in [-0.2, 0) is 10.2 Å². The molecule has 1 spiro atoms. The molecule has 7 heteroatoms. The van der Waals surface area contributed by atoms with Crippen LogP contribution in [0.5, 0.6) is 0 Å². The van der Waals surface area contributed by atoms with E-state index in [9.17, 15) is 9.90 Å². The van der Waals surface area contributed by atoms with Crippen molar-refractivity contribution in [2.45, 2.75) is 50.6 Å². The van der Waals surface area contributed by atoms with E-state index in [1.807, 2.05) is 18.2 Å². The van der Waals surface area contributed by atoms with Crippen LogP contribution in [0.2, 0.25) is 10.0 Å². The van der Waals surface area contributed by atoms with Crippen molar-refractivity contribution in [2.75, 3.05) is 11.9 Å². The van der Waals surface area contributed by atoms with E-state index in [4.69, 9.17) is 23.2 Å². The largest absolute Gasteiger partial charge is 0.480 e. The Balaban J connectivity index is 1.98. The van der Waals surface area contributed by atoms with Gasteiger partial charge in [-0.1, -0.05) is 62.2 Å². The van der Waals surface area contributed by atoms with Gasteiger partial charge in [0.15, 0.2) is 0 Å². The lowest BCUT2D eigenvalue weighted by molar-refractivity contribution is -0.139. The van der Waals surface area contributed by atoms with E-state index in [0.717, 1.165) is 17.7 Å². The Kier molecular flexibility index (Phi) is 5.28. The molecule has 0 unspecified atom stereocenters. The van der Waals surface area contributed by atoms with Gasteiger partial charge in [0.25, 0.3) is 0 Å². The summed E-state index contributed by atoms with van der Waals surface area (Å²) in [6.45, 7) is 6.85. The average molecular weight is 451 g/mol. The summed E-state index contributed by atoms with van der Waals surface area (Å²) in [5.41, 5.74) is 1.42. The number of rotatable bonds is 3. The molecule has 1 fully saturated rings. The Morgan fingerprint density at radius 1 is 1.27 bits per heavy atom. The summed E-state index contributed by atoms with van der Waals surface area (Å²) in [5.74, 6) is -2.20. The summed E-state index contributed by atoms with van der Waals surface area (Å²) in [4.78, 5) is 12.3. The Labute approximate surface area is 185 Å². The third-order valence-corrected chi connectivity index (χ3v) is 6.87. The summed E-state index contributed by atoms with van der Waals surface area (Å²) >= 11 is 12.3. The second-order valence-corrected chi connectivity index (χ2v) is 10.3. The number of carboxylic acid groups (broad SMARTS) is 1. The molecule has 0 aliphatic carbocycles. The maximum Gasteiger partial charge on any atom is 0.321 e. The number of aliphatic carboxylic acids is 1. The van der Waals surface area contributed by atoms with Gasteiger partial charge in [0.2, 0.25) is 0 Å². The minimum Gasteiger partial charge on any atom is -0.480 e. The van der Waals surface area contributed by atoms with Crippen molar-refractivity contribution in [2.24, 2.45) is 5.41 Å². The lowest BCUT2D eigenvalue weighted by Crippen LogP contribution is -2.46. The predicted molar refractivity (Wildman–Crippen MR) is 118 cm³/mol. The van der Waals surface area contributed by atoms with E-state index in [2.05, 4.69) is 31.4 Å². The zero-order valence-corrected chi connectivity index (χ0v) is 18.6. The van der Waals surface area contributed by atoms with Crippen molar-refractivity contribution in [3.8, 4) is 0 Å². The number of halogens is 3. The number of anilines is 1. The number of fused-ring (bicyclic) bond motifs is 2. The normalized spacial score (nSPS) is 27.9. The predicted octanol–water partition coefficient (Wildman–Crippen LogP) is 5.44. The van der Waals surface area contributed by atoms with Crippen LogP contribution in [0, 0.1) is 11.2 Å². The van der Waals surface area contributed by atoms with Crippen molar-refractivity contribution < 1.29 is 14.3 Å². The van der Waals surface area contributed by atoms with Gasteiger partial charge in [0.1, 0.15) is 11.9 Å². The zero-order valence-electron chi connectivity index (χ0n) is 17.1. The van der Waals surface area contributed by atoms with Crippen molar-refractivity contribution in [3.05, 3.63) is 63.4 Å². The number of benzene rings is 2. The van der Waals surface area contributed by atoms with E-state index in [-0.39, 0.29) is 16.5 Å². The highest BCUT2D eigenvalue weighted by molar-refractivity contribution is 6.31. The van der Waals surface area contributed by atoms with Crippen LogP contribution in [0.3, 0.4) is 0 Å². The van der Waals surface area contributed by atoms with Crippen molar-refractivity contribution in [1.29, 1.82) is 0 Å². The molecule has 30 heavy (non-hydrogen) atoms. The second kappa shape index (κ2) is 7.40. The van der Waals surface area contributed by atoms with E-state index in [1.165, 1.54) is 6.07 Å². The van der Waals surface area contributed by atoms with Crippen molar-refractivity contribution >= 4 is 34.9 Å². The van der Waals surface area contributed by atoms with Gasteiger partial charge < -0.3 is 15.7 Å². The first-order chi connectivity index (χ1) is 14.0. The van der Waals surface area contributed by atoms with Crippen LogP contribution in [0.1, 0.15) is 44.2 Å². The molecule has 4 nitrogen and oxygen atoms in total. The third-order valence-electron chi connectivity index (χ3n) is 6.34. The molecule has 0 amide bonds. The topological polar surface area (TPSA) is 61.4 Å². The smallest absolute Gasteiger partial charge is 0.321 e. The minimum atomic E-state index is -1.00. The molecule has 2 aromatic carbocycles. The summed E-state index contributed by atoms with van der Waals surface area (Å²) < 4.78 is 15.2. The van der Waals surface area contributed by atoms with Crippen molar-refractivity contribution in [1.82, 2.24) is 5.32 Å². The fourth-order valence-electron chi connectivity index (χ4n) is 5.25. The van der Waals surface area contributed by atoms with Crippen LogP contribution in [0.15, 0.2) is 36.4 Å². The molecule has 0 saturated carbocycles. The van der Waals surface area contributed by atoms with Gasteiger partial charge in [-0.3, -0.25) is 4.79 Å². The Hall–Kier alpha value is -1.82. The Morgan fingerprint density at radius 2 is 2.00 bits per heavy atom. The van der Waals surface area contributed by atoms with Crippen molar-refractivity contribution in [3.63, 3.8) is 0 Å². The molecule has 2 aromatic rings. The fraction of sp³-hybridized carbons (Fsp3) is 0.435. The SMILES string of the molecule is CC(C)(C)C[C@H]1N[C@@H](C(=O)O)[C@H](c2cccc(Cl)c2F)[C@@]12CNc1cc(Cl)ccc12. The summed E-state index contributed by atoms with van der Waals surface area (Å²) in [5, 5.41) is 17.4. The van der Waals surface area contributed by atoms with Gasteiger partial charge in [-0.2, -0.15) is 0 Å². The molecule has 0 bridgehead atoms. The Morgan fingerprint density at radius 3 is 2.67 bits per heavy atom. The van der Waals surface area contributed by atoms with Gasteiger partial charge in [-0.15, -0.1) is 0 Å². The first-order valence-electron chi connectivity index (χ1n) is 10.0. The quantitative estimate of drug-likeness (QED) is 0.582. The van der Waals surface area contributed by atoms with Gasteiger partial charge in [0, 0.05) is 34.6 Å². The molecule has 4 atom stereocenters. The molecular formula is C23H25Cl2FN2O2. The van der Waals surface area contributed by atoms with Crippen LogP contribution >= 0.6 is 23.2 Å².